The Bertz CT molecular complexity index is 271. The molecule has 0 aromatic carbocycles. The van der Waals surface area contributed by atoms with Crippen LogP contribution in [0.15, 0.2) is 22.4 Å². The Hall–Kier alpha value is -1.25. The summed E-state index contributed by atoms with van der Waals surface area (Å²) in [4.78, 5) is 8.16. The van der Waals surface area contributed by atoms with Crippen LogP contribution < -0.4 is 0 Å². The second kappa shape index (κ2) is 1.87. The molecule has 0 saturated carbocycles. The Morgan fingerprint density at radius 1 is 1.50 bits per heavy atom. The number of hydrogen-bond donors (Lipinski definition) is 0. The lowest BCUT2D eigenvalue weighted by molar-refractivity contribution is -0.457. The van der Waals surface area contributed by atoms with Gasteiger partial charge in [-0.1, -0.05) is 4.99 Å². The number of nitrogens with zero attached hydrogens (tertiary/aromatic N) is 3. The standard InChI is InChI=1S/C7H8N3/c1-6-9-5-7-4-8-2-3-10(6)7/h2-5,7H,1H3/q+1. The van der Waals surface area contributed by atoms with Gasteiger partial charge in [0.25, 0.3) is 5.84 Å². The fourth-order valence-electron chi connectivity index (χ4n) is 1.10. The fraction of sp³-hybridized carbons (Fsp3) is 0.286. The average molecular weight is 134 g/mol. The molecule has 0 aromatic heterocycles. The van der Waals surface area contributed by atoms with Crippen LogP contribution in [0.2, 0.25) is 0 Å². The van der Waals surface area contributed by atoms with Gasteiger partial charge in [0, 0.05) is 6.92 Å². The molecular formula is C7H8N3+. The zero-order chi connectivity index (χ0) is 6.97. The highest BCUT2D eigenvalue weighted by Gasteiger charge is 2.24. The lowest BCUT2D eigenvalue weighted by Crippen LogP contribution is -2.24. The molecule has 0 radical (unpaired) electrons. The van der Waals surface area contributed by atoms with Crippen molar-refractivity contribution >= 4 is 18.3 Å². The molecule has 50 valence electrons. The maximum Gasteiger partial charge on any atom is 0.295 e. The molecule has 1 atom stereocenters. The van der Waals surface area contributed by atoms with E-state index >= 15 is 0 Å². The second-order valence-corrected chi connectivity index (χ2v) is 2.32. The van der Waals surface area contributed by atoms with E-state index < -0.39 is 0 Å². The van der Waals surface area contributed by atoms with Crippen molar-refractivity contribution in [2.24, 2.45) is 9.98 Å². The minimum absolute atomic E-state index is 0.269. The van der Waals surface area contributed by atoms with Gasteiger partial charge in [0.1, 0.15) is 6.20 Å². The molecule has 2 aliphatic rings. The van der Waals surface area contributed by atoms with E-state index in [0.29, 0.717) is 0 Å². The monoisotopic (exact) mass is 134 g/mol. The number of fused-ring (bicyclic) bond motifs is 1. The predicted molar refractivity (Wildman–Crippen MR) is 40.9 cm³/mol. The Morgan fingerprint density at radius 3 is 3.20 bits per heavy atom. The van der Waals surface area contributed by atoms with Crippen molar-refractivity contribution in [3.05, 3.63) is 12.4 Å². The normalized spacial score (nSPS) is 27.9. The molecular weight excluding hydrogens is 126 g/mol. The number of hydrogen-bond acceptors (Lipinski definition) is 2. The summed E-state index contributed by atoms with van der Waals surface area (Å²) in [5.74, 6) is 1.03. The molecule has 2 heterocycles. The molecule has 2 rings (SSSR count). The number of rotatable bonds is 0. The maximum absolute atomic E-state index is 4.16. The van der Waals surface area contributed by atoms with Crippen LogP contribution in [0.5, 0.6) is 0 Å². The first-order valence-electron chi connectivity index (χ1n) is 3.24. The van der Waals surface area contributed by atoms with Crippen molar-refractivity contribution < 1.29 is 4.58 Å². The summed E-state index contributed by atoms with van der Waals surface area (Å²) in [6.45, 7) is 1.99. The van der Waals surface area contributed by atoms with Gasteiger partial charge in [0.15, 0.2) is 12.3 Å². The van der Waals surface area contributed by atoms with E-state index in [9.17, 15) is 0 Å². The SMILES string of the molecule is CC1=[N+]2C=CN=CC2C=N1. The molecule has 0 amide bonds. The van der Waals surface area contributed by atoms with Crippen LogP contribution in [-0.2, 0) is 0 Å². The molecule has 10 heavy (non-hydrogen) atoms. The van der Waals surface area contributed by atoms with Crippen molar-refractivity contribution in [3.63, 3.8) is 0 Å². The van der Waals surface area contributed by atoms with Crippen molar-refractivity contribution in [2.75, 3.05) is 0 Å². The van der Waals surface area contributed by atoms with Crippen LogP contribution in [0, 0.1) is 0 Å². The van der Waals surface area contributed by atoms with E-state index in [1.807, 2.05) is 25.6 Å². The summed E-state index contributed by atoms with van der Waals surface area (Å²) >= 11 is 0. The van der Waals surface area contributed by atoms with Gasteiger partial charge in [-0.05, 0) is 0 Å². The molecule has 0 aliphatic carbocycles. The van der Waals surface area contributed by atoms with E-state index in [2.05, 4.69) is 14.6 Å². The number of amidine groups is 1. The summed E-state index contributed by atoms with van der Waals surface area (Å²) in [5, 5.41) is 0. The Balaban J connectivity index is 2.46. The molecule has 2 aliphatic heterocycles. The smallest absolute Gasteiger partial charge is 0.260 e. The van der Waals surface area contributed by atoms with Gasteiger partial charge in [-0.25, -0.2) is 4.58 Å². The lowest BCUT2D eigenvalue weighted by atomic mass is 10.3. The Morgan fingerprint density at radius 2 is 2.40 bits per heavy atom. The zero-order valence-corrected chi connectivity index (χ0v) is 5.73. The zero-order valence-electron chi connectivity index (χ0n) is 5.73. The molecule has 0 fully saturated rings. The highest BCUT2D eigenvalue weighted by molar-refractivity contribution is 5.98. The lowest BCUT2D eigenvalue weighted by Gasteiger charge is -2.02. The van der Waals surface area contributed by atoms with Crippen LogP contribution in [0.25, 0.3) is 0 Å². The van der Waals surface area contributed by atoms with Crippen LogP contribution in [0.1, 0.15) is 6.92 Å². The minimum Gasteiger partial charge on any atom is -0.260 e. The summed E-state index contributed by atoms with van der Waals surface area (Å²) < 4.78 is 2.08. The highest BCUT2D eigenvalue weighted by Crippen LogP contribution is 2.02. The number of aliphatic imine (C=N–C) groups is 2. The van der Waals surface area contributed by atoms with Gasteiger partial charge in [-0.15, -0.1) is 0 Å². The molecule has 0 aromatic rings. The minimum atomic E-state index is 0.269. The second-order valence-electron chi connectivity index (χ2n) is 2.32. The first-order chi connectivity index (χ1) is 4.88. The van der Waals surface area contributed by atoms with E-state index in [1.54, 1.807) is 6.20 Å². The molecule has 3 heteroatoms. The topological polar surface area (TPSA) is 27.7 Å². The van der Waals surface area contributed by atoms with Crippen molar-refractivity contribution in [1.82, 2.24) is 0 Å². The van der Waals surface area contributed by atoms with E-state index in [-0.39, 0.29) is 6.04 Å². The van der Waals surface area contributed by atoms with Gasteiger partial charge >= 0.3 is 0 Å². The molecule has 0 bridgehead atoms. The highest BCUT2D eigenvalue weighted by atomic mass is 15.2. The quantitative estimate of drug-likeness (QED) is 0.430. The van der Waals surface area contributed by atoms with Gasteiger partial charge in [0.2, 0.25) is 0 Å². The molecule has 0 saturated heterocycles. The van der Waals surface area contributed by atoms with Crippen molar-refractivity contribution in [1.29, 1.82) is 0 Å². The molecule has 0 N–H and O–H groups in total. The largest absolute Gasteiger partial charge is 0.295 e. The van der Waals surface area contributed by atoms with Gasteiger partial charge < -0.3 is 0 Å². The summed E-state index contributed by atoms with van der Waals surface area (Å²) in [7, 11) is 0. The predicted octanol–water partition coefficient (Wildman–Crippen LogP) is 0.426. The third kappa shape index (κ3) is 0.635. The third-order valence-corrected chi connectivity index (χ3v) is 1.66. The van der Waals surface area contributed by atoms with Crippen LogP contribution in [0.3, 0.4) is 0 Å². The summed E-state index contributed by atoms with van der Waals surface area (Å²) in [6, 6.07) is 0.269. The Labute approximate surface area is 59.1 Å². The van der Waals surface area contributed by atoms with Crippen LogP contribution >= 0.6 is 0 Å². The van der Waals surface area contributed by atoms with Gasteiger partial charge in [-0.2, -0.15) is 0 Å². The summed E-state index contributed by atoms with van der Waals surface area (Å²) in [5.41, 5.74) is 0. The first-order valence-corrected chi connectivity index (χ1v) is 3.24. The van der Waals surface area contributed by atoms with Gasteiger partial charge in [0.05, 0.1) is 12.4 Å². The first kappa shape index (κ1) is 5.53. The molecule has 0 spiro atoms. The van der Waals surface area contributed by atoms with Gasteiger partial charge in [-0.3, -0.25) is 4.99 Å². The average Bonchev–Trinajstić information content (AvgIpc) is 2.34. The van der Waals surface area contributed by atoms with E-state index in [4.69, 9.17) is 0 Å². The molecule has 3 nitrogen and oxygen atoms in total. The van der Waals surface area contributed by atoms with Crippen LogP contribution in [0.4, 0.5) is 0 Å². The Kier molecular flexibility index (Phi) is 1.03. The maximum atomic E-state index is 4.16. The van der Waals surface area contributed by atoms with E-state index in [0.717, 1.165) is 5.84 Å². The fourth-order valence-corrected chi connectivity index (χ4v) is 1.10. The van der Waals surface area contributed by atoms with Crippen molar-refractivity contribution in [3.8, 4) is 0 Å². The van der Waals surface area contributed by atoms with E-state index in [1.165, 1.54) is 0 Å². The molecule has 1 unspecified atom stereocenters. The van der Waals surface area contributed by atoms with Crippen molar-refractivity contribution in [2.45, 2.75) is 13.0 Å². The van der Waals surface area contributed by atoms with Crippen LogP contribution in [-0.4, -0.2) is 28.9 Å². The third-order valence-electron chi connectivity index (χ3n) is 1.66. The summed E-state index contributed by atoms with van der Waals surface area (Å²) in [6.07, 6.45) is 7.48.